The molecule has 0 spiro atoms. The van der Waals surface area contributed by atoms with Crippen LogP contribution in [0, 0.1) is 27.7 Å². The van der Waals surface area contributed by atoms with Crippen LogP contribution in [0.5, 0.6) is 0 Å². The molecule has 0 fully saturated rings. The van der Waals surface area contributed by atoms with E-state index in [4.69, 9.17) is 0 Å². The van der Waals surface area contributed by atoms with Gasteiger partial charge in [0.25, 0.3) is 10.0 Å². The monoisotopic (exact) mass is 577 g/mol. The summed E-state index contributed by atoms with van der Waals surface area (Å²) >= 11 is 0. The van der Waals surface area contributed by atoms with Crippen molar-refractivity contribution >= 4 is 27.5 Å². The number of benzene rings is 3. The fraction of sp³-hybridized carbons (Fsp3) is 0.394. The number of anilines is 1. The van der Waals surface area contributed by atoms with Gasteiger partial charge in [-0.25, -0.2) is 8.42 Å². The third-order valence-electron chi connectivity index (χ3n) is 7.15. The van der Waals surface area contributed by atoms with Gasteiger partial charge in [-0.05, 0) is 101 Å². The lowest BCUT2D eigenvalue weighted by Crippen LogP contribution is -2.55. The summed E-state index contributed by atoms with van der Waals surface area (Å²) in [5.41, 5.74) is 4.62. The molecular formula is C33H43N3O4S. The van der Waals surface area contributed by atoms with Crippen molar-refractivity contribution in [2.45, 2.75) is 84.8 Å². The minimum atomic E-state index is -4.11. The fourth-order valence-electron chi connectivity index (χ4n) is 4.59. The van der Waals surface area contributed by atoms with Crippen LogP contribution in [0.4, 0.5) is 5.69 Å². The first kappa shape index (κ1) is 31.9. The van der Waals surface area contributed by atoms with E-state index in [1.807, 2.05) is 85.7 Å². The summed E-state index contributed by atoms with van der Waals surface area (Å²) < 4.78 is 29.3. The molecule has 3 aromatic rings. The summed E-state index contributed by atoms with van der Waals surface area (Å²) in [6.07, 6.45) is 0.369. The highest BCUT2D eigenvalue weighted by Crippen LogP contribution is 2.27. The summed E-state index contributed by atoms with van der Waals surface area (Å²) in [4.78, 5) is 29.3. The minimum Gasteiger partial charge on any atom is -0.350 e. The molecule has 7 nitrogen and oxygen atoms in total. The maximum Gasteiger partial charge on any atom is 0.264 e. The first-order valence-electron chi connectivity index (χ1n) is 14.0. The van der Waals surface area contributed by atoms with Crippen molar-refractivity contribution in [3.8, 4) is 0 Å². The predicted molar refractivity (Wildman–Crippen MR) is 165 cm³/mol. The molecule has 0 aliphatic rings. The van der Waals surface area contributed by atoms with Crippen LogP contribution in [0.3, 0.4) is 0 Å². The Labute approximate surface area is 245 Å². The molecule has 3 aromatic carbocycles. The molecule has 41 heavy (non-hydrogen) atoms. The molecule has 2 amide bonds. The lowest BCUT2D eigenvalue weighted by atomic mass is 10.0. The highest BCUT2D eigenvalue weighted by Gasteiger charge is 2.34. The molecule has 1 atom stereocenters. The zero-order valence-electron chi connectivity index (χ0n) is 25.5. The molecule has 0 saturated carbocycles. The highest BCUT2D eigenvalue weighted by molar-refractivity contribution is 7.92. The zero-order chi connectivity index (χ0) is 30.5. The van der Waals surface area contributed by atoms with Gasteiger partial charge in [-0.1, -0.05) is 55.0 Å². The van der Waals surface area contributed by atoms with Crippen molar-refractivity contribution in [1.29, 1.82) is 0 Å². The van der Waals surface area contributed by atoms with E-state index in [1.54, 1.807) is 36.4 Å². The number of hydrogen-bond acceptors (Lipinski definition) is 4. The average Bonchev–Trinajstić information content (AvgIpc) is 2.89. The van der Waals surface area contributed by atoms with Crippen molar-refractivity contribution in [3.63, 3.8) is 0 Å². The molecule has 3 rings (SSSR count). The Morgan fingerprint density at radius 1 is 0.854 bits per heavy atom. The van der Waals surface area contributed by atoms with Crippen LogP contribution < -0.4 is 9.62 Å². The second-order valence-corrected chi connectivity index (χ2v) is 13.6. The molecule has 0 bridgehead atoms. The number of hydrogen-bond donors (Lipinski definition) is 1. The molecule has 8 heteroatoms. The first-order chi connectivity index (χ1) is 19.1. The Kier molecular flexibility index (Phi) is 10.0. The van der Waals surface area contributed by atoms with E-state index in [1.165, 1.54) is 4.90 Å². The molecule has 0 saturated heterocycles. The zero-order valence-corrected chi connectivity index (χ0v) is 26.3. The fourth-order valence-corrected chi connectivity index (χ4v) is 6.00. The minimum absolute atomic E-state index is 0.0945. The highest BCUT2D eigenvalue weighted by atomic mass is 32.2. The van der Waals surface area contributed by atoms with Gasteiger partial charge in [-0.3, -0.25) is 13.9 Å². The van der Waals surface area contributed by atoms with Crippen LogP contribution in [0.25, 0.3) is 0 Å². The SMILES string of the molecule is CCC(C(=O)NC(C)(C)C)N(Cc1ccccc1C)C(=O)CN(c1ccc(C)c(C)c1)S(=O)(=O)c1ccc(C)cc1. The van der Waals surface area contributed by atoms with Crippen LogP contribution in [0.15, 0.2) is 71.6 Å². The van der Waals surface area contributed by atoms with E-state index in [0.717, 1.165) is 32.1 Å². The van der Waals surface area contributed by atoms with Gasteiger partial charge >= 0.3 is 0 Å². The van der Waals surface area contributed by atoms with Crippen molar-refractivity contribution in [2.24, 2.45) is 0 Å². The number of carbonyl (C=O) groups excluding carboxylic acids is 2. The van der Waals surface area contributed by atoms with Gasteiger partial charge in [-0.15, -0.1) is 0 Å². The standard InChI is InChI=1S/C33H43N3O4S/c1-9-30(32(38)34-33(6,7)8)35(21-27-13-11-10-12-25(27)4)31(37)22-36(28-17-16-24(3)26(5)20-28)41(39,40)29-18-14-23(2)15-19-29/h10-20,30H,9,21-22H2,1-8H3,(H,34,38). The Hall–Kier alpha value is -3.65. The van der Waals surface area contributed by atoms with Crippen molar-refractivity contribution < 1.29 is 18.0 Å². The Morgan fingerprint density at radius 3 is 2.05 bits per heavy atom. The number of carbonyl (C=O) groups is 2. The van der Waals surface area contributed by atoms with Crippen molar-refractivity contribution in [1.82, 2.24) is 10.2 Å². The van der Waals surface area contributed by atoms with E-state index >= 15 is 0 Å². The van der Waals surface area contributed by atoms with Crippen LogP contribution in [-0.2, 0) is 26.2 Å². The summed E-state index contributed by atoms with van der Waals surface area (Å²) in [6, 6.07) is 18.8. The normalized spacial score (nSPS) is 12.5. The number of nitrogens with zero attached hydrogens (tertiary/aromatic N) is 2. The van der Waals surface area contributed by atoms with Crippen LogP contribution in [-0.4, -0.2) is 43.3 Å². The number of aryl methyl sites for hydroxylation is 4. The molecular weight excluding hydrogens is 534 g/mol. The topological polar surface area (TPSA) is 86.8 Å². The Balaban J connectivity index is 2.11. The summed E-state index contributed by atoms with van der Waals surface area (Å²) in [7, 11) is -4.11. The van der Waals surface area contributed by atoms with Gasteiger partial charge in [0, 0.05) is 12.1 Å². The molecule has 0 radical (unpaired) electrons. The van der Waals surface area contributed by atoms with Gasteiger partial charge in [0.15, 0.2) is 0 Å². The van der Waals surface area contributed by atoms with E-state index in [0.29, 0.717) is 12.1 Å². The smallest absolute Gasteiger partial charge is 0.264 e. The Bertz CT molecular complexity index is 1490. The third-order valence-corrected chi connectivity index (χ3v) is 8.94. The average molecular weight is 578 g/mol. The molecule has 1 N–H and O–H groups in total. The molecule has 220 valence electrons. The first-order valence-corrected chi connectivity index (χ1v) is 15.4. The molecule has 0 aliphatic heterocycles. The van der Waals surface area contributed by atoms with Gasteiger partial charge < -0.3 is 10.2 Å². The van der Waals surface area contributed by atoms with E-state index in [9.17, 15) is 18.0 Å². The molecule has 0 aliphatic carbocycles. The lowest BCUT2D eigenvalue weighted by molar-refractivity contribution is -0.141. The van der Waals surface area contributed by atoms with Gasteiger partial charge in [0.05, 0.1) is 10.6 Å². The quantitative estimate of drug-likeness (QED) is 0.328. The second kappa shape index (κ2) is 12.9. The van der Waals surface area contributed by atoms with Crippen LogP contribution >= 0.6 is 0 Å². The molecule has 1 unspecified atom stereocenters. The molecule has 0 heterocycles. The second-order valence-electron chi connectivity index (χ2n) is 11.7. The largest absolute Gasteiger partial charge is 0.350 e. The lowest BCUT2D eigenvalue weighted by Gasteiger charge is -2.35. The summed E-state index contributed by atoms with van der Waals surface area (Å²) in [5, 5.41) is 3.00. The molecule has 0 aromatic heterocycles. The summed E-state index contributed by atoms with van der Waals surface area (Å²) in [6.45, 7) is 14.9. The maximum atomic E-state index is 14.2. The van der Waals surface area contributed by atoms with Crippen LogP contribution in [0.2, 0.25) is 0 Å². The number of rotatable bonds is 10. The summed E-state index contributed by atoms with van der Waals surface area (Å²) in [5.74, 6) is -0.737. The van der Waals surface area contributed by atoms with Gasteiger partial charge in [0.2, 0.25) is 11.8 Å². The van der Waals surface area contributed by atoms with Gasteiger partial charge in [0.1, 0.15) is 12.6 Å². The van der Waals surface area contributed by atoms with Crippen LogP contribution in [0.1, 0.15) is 61.9 Å². The number of sulfonamides is 1. The predicted octanol–water partition coefficient (Wildman–Crippen LogP) is 5.84. The van der Waals surface area contributed by atoms with E-state index in [2.05, 4.69) is 5.32 Å². The van der Waals surface area contributed by atoms with E-state index in [-0.39, 0.29) is 17.3 Å². The Morgan fingerprint density at radius 2 is 1.49 bits per heavy atom. The number of nitrogens with one attached hydrogen (secondary N) is 1. The van der Waals surface area contributed by atoms with E-state index < -0.39 is 34.1 Å². The maximum absolute atomic E-state index is 14.2. The third kappa shape index (κ3) is 7.97. The van der Waals surface area contributed by atoms with Gasteiger partial charge in [-0.2, -0.15) is 0 Å². The van der Waals surface area contributed by atoms with Crippen molar-refractivity contribution in [2.75, 3.05) is 10.8 Å². The number of amides is 2. The van der Waals surface area contributed by atoms with Crippen molar-refractivity contribution in [3.05, 3.63) is 94.5 Å².